The number of aliphatic carboxylic acids is 3. The van der Waals surface area contributed by atoms with Gasteiger partial charge in [0.15, 0.2) is 0 Å². The van der Waals surface area contributed by atoms with Crippen LogP contribution in [0.2, 0.25) is 0 Å². The van der Waals surface area contributed by atoms with Gasteiger partial charge in [-0.3, -0.25) is 52.7 Å². The molecule has 0 saturated heterocycles. The summed E-state index contributed by atoms with van der Waals surface area (Å²) in [4.78, 5) is 138. The van der Waals surface area contributed by atoms with Crippen molar-refractivity contribution >= 4 is 88.7 Å². The second-order valence-electron chi connectivity index (χ2n) is 17.8. The number of primary amides is 1. The van der Waals surface area contributed by atoms with Crippen molar-refractivity contribution in [2.24, 2.45) is 5.73 Å². The fraction of sp³-hybridized carbons (Fsp3) is 0.771. The number of carboxylic acids is 3. The van der Waals surface area contributed by atoms with E-state index in [1.807, 2.05) is 10.6 Å². The van der Waals surface area contributed by atoms with Crippen molar-refractivity contribution in [3.63, 3.8) is 0 Å². The number of carbonyl (C=O) groups excluding carboxylic acids is 8. The van der Waals surface area contributed by atoms with E-state index in [2.05, 4.69) is 40.4 Å². The summed E-state index contributed by atoms with van der Waals surface area (Å²) in [5, 5.41) is 45.1. The first-order valence-corrected chi connectivity index (χ1v) is 27.7. The fourth-order valence-electron chi connectivity index (χ4n) is 7.19. The van der Waals surface area contributed by atoms with E-state index in [0.29, 0.717) is 13.1 Å². The van der Waals surface area contributed by atoms with E-state index in [9.17, 15) is 68.1 Å². The quantitative estimate of drug-likeness (QED) is 0.0391. The van der Waals surface area contributed by atoms with Crippen LogP contribution in [0.15, 0.2) is 0 Å². The maximum atomic E-state index is 13.5. The molecule has 22 nitrogen and oxygen atoms in total. The van der Waals surface area contributed by atoms with Gasteiger partial charge >= 0.3 is 17.9 Å². The Hall–Kier alpha value is -5.13. The molecule has 0 aromatic carbocycles. The molecule has 0 bridgehead atoms. The summed E-state index contributed by atoms with van der Waals surface area (Å²) in [7, 11) is 0. The van der Waals surface area contributed by atoms with Crippen LogP contribution in [0.25, 0.3) is 0 Å². The summed E-state index contributed by atoms with van der Waals surface area (Å²) in [6, 6.07) is -8.82. The standard InChI is InChI=1S/C48H84N8O14S2/c1-4-6-8-10-12-14-16-18-20-22-24-50-39(58)31-71-29-37(44(49)66)56-47(69)36(28-43(64)65)54-45(67)34(26-41(60)61)53-46(68)35(27-42(62)63)55-48(70)38(52-33(3)57)30-72-32-40(59)51-25-23-21-19-17-15-13-11-9-7-5-2/h34-38H,4-32H2,1-3H3,(H2,49,66)(H,50,58)(H,51,59)(H,52,57)(H,53,68)(H,54,67)(H,55,70)(H,56,69)(H,60,61)(H,62,63)(H,64,65)/t34-,35-,36-,37-,38-/m0/s1. The molecule has 0 saturated carbocycles. The molecule has 0 fully saturated rings. The van der Waals surface area contributed by atoms with Crippen LogP contribution in [0.5, 0.6) is 0 Å². The molecule has 0 aliphatic heterocycles. The van der Waals surface area contributed by atoms with Gasteiger partial charge in [-0.25, -0.2) is 0 Å². The van der Waals surface area contributed by atoms with Crippen LogP contribution in [0.3, 0.4) is 0 Å². The zero-order valence-electron chi connectivity index (χ0n) is 42.6. The summed E-state index contributed by atoms with van der Waals surface area (Å²) >= 11 is 1.94. The molecule has 0 radical (unpaired) electrons. The molecule has 0 unspecified atom stereocenters. The molecule has 72 heavy (non-hydrogen) atoms. The number of amides is 8. The third kappa shape index (κ3) is 36.7. The number of carbonyl (C=O) groups is 11. The number of hydrogen-bond donors (Lipinski definition) is 11. The molecule has 0 aromatic heterocycles. The molecular weight excluding hydrogens is 977 g/mol. The van der Waals surface area contributed by atoms with E-state index in [1.54, 1.807) is 0 Å². The lowest BCUT2D eigenvalue weighted by Crippen LogP contribution is -2.60. The highest BCUT2D eigenvalue weighted by Crippen LogP contribution is 2.13. The molecule has 0 aliphatic carbocycles. The second-order valence-corrected chi connectivity index (χ2v) is 19.8. The monoisotopic (exact) mass is 1060 g/mol. The maximum absolute atomic E-state index is 13.5. The van der Waals surface area contributed by atoms with Crippen LogP contribution < -0.4 is 43.0 Å². The van der Waals surface area contributed by atoms with Crippen molar-refractivity contribution in [1.29, 1.82) is 0 Å². The van der Waals surface area contributed by atoms with Crippen molar-refractivity contribution in [3.8, 4) is 0 Å². The molecule has 0 aliphatic rings. The number of unbranched alkanes of at least 4 members (excludes halogenated alkanes) is 18. The molecular formula is C48H84N8O14S2. The van der Waals surface area contributed by atoms with E-state index in [4.69, 9.17) is 5.73 Å². The predicted octanol–water partition coefficient (Wildman–Crippen LogP) is 2.88. The second kappa shape index (κ2) is 42.4. The van der Waals surface area contributed by atoms with Crippen molar-refractivity contribution < 1.29 is 68.1 Å². The maximum Gasteiger partial charge on any atom is 0.305 e. The van der Waals surface area contributed by atoms with Crippen molar-refractivity contribution in [2.45, 2.75) is 199 Å². The van der Waals surface area contributed by atoms with Crippen LogP contribution in [-0.4, -0.2) is 147 Å². The smallest absolute Gasteiger partial charge is 0.305 e. The highest BCUT2D eigenvalue weighted by atomic mass is 32.2. The van der Waals surface area contributed by atoms with E-state index < -0.39 is 103 Å². The zero-order valence-corrected chi connectivity index (χ0v) is 44.3. The average Bonchev–Trinajstić information content (AvgIpc) is 3.30. The van der Waals surface area contributed by atoms with Crippen molar-refractivity contribution in [3.05, 3.63) is 0 Å². The van der Waals surface area contributed by atoms with Gasteiger partial charge in [0, 0.05) is 31.5 Å². The third-order valence-corrected chi connectivity index (χ3v) is 13.2. The molecule has 0 heterocycles. The lowest BCUT2D eigenvalue weighted by molar-refractivity contribution is -0.144. The summed E-state index contributed by atoms with van der Waals surface area (Å²) < 4.78 is 0. The normalized spacial score (nSPS) is 13.0. The zero-order chi connectivity index (χ0) is 54.1. The number of nitrogens with two attached hydrogens (primary N) is 1. The van der Waals surface area contributed by atoms with Gasteiger partial charge in [-0.2, -0.15) is 0 Å². The van der Waals surface area contributed by atoms with Gasteiger partial charge in [0.2, 0.25) is 47.3 Å². The van der Waals surface area contributed by atoms with Gasteiger partial charge in [-0.1, -0.05) is 129 Å². The van der Waals surface area contributed by atoms with Gasteiger partial charge in [-0.05, 0) is 12.8 Å². The Labute approximate surface area is 432 Å². The highest BCUT2D eigenvalue weighted by Gasteiger charge is 2.35. The van der Waals surface area contributed by atoms with Gasteiger partial charge in [0.25, 0.3) is 0 Å². The van der Waals surface area contributed by atoms with Crippen molar-refractivity contribution in [2.75, 3.05) is 36.1 Å². The van der Waals surface area contributed by atoms with Crippen LogP contribution in [-0.2, 0) is 52.7 Å². The third-order valence-electron chi connectivity index (χ3n) is 11.1. The molecule has 24 heteroatoms. The Balaban J connectivity index is 5.45. The number of carboxylic acid groups (broad SMARTS) is 3. The topological polar surface area (TPSA) is 359 Å². The Morgan fingerprint density at radius 1 is 0.403 bits per heavy atom. The molecule has 412 valence electrons. The Morgan fingerprint density at radius 2 is 0.681 bits per heavy atom. The molecule has 0 spiro atoms. The van der Waals surface area contributed by atoms with E-state index in [0.717, 1.165) is 81.8 Å². The van der Waals surface area contributed by atoms with Crippen LogP contribution in [0.1, 0.15) is 168 Å². The first kappa shape index (κ1) is 66.9. The largest absolute Gasteiger partial charge is 0.481 e. The van der Waals surface area contributed by atoms with Gasteiger partial charge in [-0.15, -0.1) is 23.5 Å². The summed E-state index contributed by atoms with van der Waals surface area (Å²) in [6.45, 7) is 6.39. The minimum atomic E-state index is -2.07. The number of nitrogens with one attached hydrogen (secondary N) is 7. The highest BCUT2D eigenvalue weighted by molar-refractivity contribution is 8.00. The number of rotatable bonds is 46. The predicted molar refractivity (Wildman–Crippen MR) is 276 cm³/mol. The number of hydrogen-bond acceptors (Lipinski definition) is 13. The minimum absolute atomic E-state index is 0.0898. The average molecular weight is 1060 g/mol. The molecule has 0 rings (SSSR count). The number of thioether (sulfide) groups is 2. The van der Waals surface area contributed by atoms with E-state index in [-0.39, 0.29) is 34.8 Å². The SMILES string of the molecule is CCCCCCCCCCCCNC(=O)CSC[C@H](NC(=O)[C@H](CC(=O)O)NC(=O)[C@H](CC(=O)O)NC(=O)[C@H](CC(=O)O)NC(=O)[C@H](CSCC(=O)NCCCCCCCCCCCC)NC(C)=O)C(N)=O. The first-order chi connectivity index (χ1) is 34.3. The van der Waals surface area contributed by atoms with E-state index in [1.165, 1.54) is 77.0 Å². The summed E-state index contributed by atoms with van der Waals surface area (Å²) in [5.74, 6) is -12.9. The van der Waals surface area contributed by atoms with Crippen LogP contribution in [0.4, 0.5) is 0 Å². The molecule has 12 N–H and O–H groups in total. The van der Waals surface area contributed by atoms with Crippen molar-refractivity contribution in [1.82, 2.24) is 37.2 Å². The van der Waals surface area contributed by atoms with Gasteiger partial charge in [0.1, 0.15) is 30.2 Å². The summed E-state index contributed by atoms with van der Waals surface area (Å²) in [5.41, 5.74) is 5.47. The lowest BCUT2D eigenvalue weighted by atomic mass is 10.1. The minimum Gasteiger partial charge on any atom is -0.481 e. The molecule has 0 aromatic rings. The van der Waals surface area contributed by atoms with Gasteiger partial charge in [0.05, 0.1) is 30.8 Å². The Morgan fingerprint density at radius 3 is 0.972 bits per heavy atom. The Bertz CT molecular complexity index is 1690. The van der Waals surface area contributed by atoms with Crippen LogP contribution in [0, 0.1) is 0 Å². The first-order valence-electron chi connectivity index (χ1n) is 25.4. The Kier molecular flexibility index (Phi) is 39.4. The van der Waals surface area contributed by atoms with Gasteiger partial charge < -0.3 is 58.3 Å². The van der Waals surface area contributed by atoms with E-state index >= 15 is 0 Å². The van der Waals surface area contributed by atoms with Crippen LogP contribution >= 0.6 is 23.5 Å². The fourth-order valence-corrected chi connectivity index (χ4v) is 8.95. The summed E-state index contributed by atoms with van der Waals surface area (Å²) in [6.07, 6.45) is 19.3. The molecule has 8 amide bonds. The lowest BCUT2D eigenvalue weighted by Gasteiger charge is -2.25. The molecule has 5 atom stereocenters.